The van der Waals surface area contributed by atoms with Gasteiger partial charge in [0.1, 0.15) is 0 Å². The van der Waals surface area contributed by atoms with Gasteiger partial charge in [-0.15, -0.1) is 0 Å². The molecule has 1 aromatic rings. The van der Waals surface area contributed by atoms with Gasteiger partial charge in [0.25, 0.3) is 5.69 Å². The minimum atomic E-state index is -0.754. The van der Waals surface area contributed by atoms with Gasteiger partial charge in [0, 0.05) is 19.7 Å². The molecule has 0 radical (unpaired) electrons. The summed E-state index contributed by atoms with van der Waals surface area (Å²) in [5, 5.41) is 13.0. The van der Waals surface area contributed by atoms with Gasteiger partial charge in [0.15, 0.2) is 5.82 Å². The van der Waals surface area contributed by atoms with Crippen LogP contribution in [0.25, 0.3) is 0 Å². The first-order valence-corrected chi connectivity index (χ1v) is 5.37. The highest BCUT2D eigenvalue weighted by molar-refractivity contribution is 5.80. The Morgan fingerprint density at radius 1 is 1.56 bits per heavy atom. The van der Waals surface area contributed by atoms with Crippen LogP contribution in [0.1, 0.15) is 6.92 Å². The largest absolute Gasteiger partial charge is 0.374 e. The van der Waals surface area contributed by atoms with Crippen LogP contribution in [0.5, 0.6) is 0 Å². The lowest BCUT2D eigenvalue weighted by molar-refractivity contribution is -0.385. The number of halogens is 1. The normalized spacial score (nSPS) is 9.94. The number of nitrogens with zero attached hydrogens (tertiary/aromatic N) is 2. The van der Waals surface area contributed by atoms with Crippen LogP contribution in [0.2, 0.25) is 0 Å². The molecule has 1 N–H and O–H groups in total. The molecule has 0 bridgehead atoms. The van der Waals surface area contributed by atoms with Crippen molar-refractivity contribution in [1.29, 1.82) is 0 Å². The predicted octanol–water partition coefficient (Wildman–Crippen LogP) is 1.62. The van der Waals surface area contributed by atoms with E-state index in [2.05, 4.69) is 5.32 Å². The number of nitro groups is 1. The third kappa shape index (κ3) is 3.41. The van der Waals surface area contributed by atoms with Crippen LogP contribution in [0.3, 0.4) is 0 Å². The lowest BCUT2D eigenvalue weighted by Crippen LogP contribution is -2.32. The van der Waals surface area contributed by atoms with E-state index < -0.39 is 10.7 Å². The molecular formula is C11H14FN3O3. The molecule has 0 aromatic heterocycles. The predicted molar refractivity (Wildman–Crippen MR) is 64.9 cm³/mol. The molecule has 0 saturated carbocycles. The molecule has 0 saturated heterocycles. The van der Waals surface area contributed by atoms with E-state index in [1.165, 1.54) is 17.0 Å². The lowest BCUT2D eigenvalue weighted by Gasteiger charge is -2.15. The van der Waals surface area contributed by atoms with Crippen LogP contribution in [0.15, 0.2) is 18.2 Å². The molecule has 0 fully saturated rings. The third-order valence-electron chi connectivity index (χ3n) is 2.49. The first-order valence-electron chi connectivity index (χ1n) is 5.37. The number of nitro benzene ring substituents is 1. The fourth-order valence-corrected chi connectivity index (χ4v) is 1.24. The Balaban J connectivity index is 2.69. The van der Waals surface area contributed by atoms with Gasteiger partial charge in [-0.25, -0.2) is 4.39 Å². The number of non-ortho nitro benzene ring substituents is 1. The van der Waals surface area contributed by atoms with Gasteiger partial charge < -0.3 is 10.2 Å². The Morgan fingerprint density at radius 2 is 2.22 bits per heavy atom. The zero-order valence-corrected chi connectivity index (χ0v) is 10.1. The number of benzene rings is 1. The van der Waals surface area contributed by atoms with E-state index in [1.54, 1.807) is 7.05 Å². The van der Waals surface area contributed by atoms with Gasteiger partial charge in [0.2, 0.25) is 5.91 Å². The zero-order chi connectivity index (χ0) is 13.7. The molecule has 0 atom stereocenters. The molecule has 7 heteroatoms. The molecule has 98 valence electrons. The van der Waals surface area contributed by atoms with E-state index in [0.29, 0.717) is 6.54 Å². The standard InChI is InChI=1S/C11H14FN3O3/c1-3-14(2)11(16)7-13-10-5-4-8(15(17)18)6-9(10)12/h4-6,13H,3,7H2,1-2H3. The van der Waals surface area contributed by atoms with Crippen LogP contribution in [0.4, 0.5) is 15.8 Å². The molecule has 0 unspecified atom stereocenters. The fourth-order valence-electron chi connectivity index (χ4n) is 1.24. The van der Waals surface area contributed by atoms with Crippen molar-refractivity contribution >= 4 is 17.3 Å². The van der Waals surface area contributed by atoms with Gasteiger partial charge in [-0.05, 0) is 13.0 Å². The molecule has 1 rings (SSSR count). The minimum Gasteiger partial charge on any atom is -0.374 e. The number of likely N-dealkylation sites (N-methyl/N-ethyl adjacent to an activating group) is 1. The van der Waals surface area contributed by atoms with E-state index in [-0.39, 0.29) is 23.8 Å². The number of carbonyl (C=O) groups is 1. The summed E-state index contributed by atoms with van der Waals surface area (Å²) in [6, 6.07) is 3.24. The minimum absolute atomic E-state index is 0.0565. The zero-order valence-electron chi connectivity index (χ0n) is 10.1. The molecular weight excluding hydrogens is 241 g/mol. The Morgan fingerprint density at radius 3 is 2.72 bits per heavy atom. The maximum absolute atomic E-state index is 13.5. The molecule has 1 amide bonds. The Kier molecular flexibility index (Phi) is 4.59. The van der Waals surface area contributed by atoms with E-state index in [4.69, 9.17) is 0 Å². The number of carbonyl (C=O) groups excluding carboxylic acids is 1. The van der Waals surface area contributed by atoms with Crippen LogP contribution in [0, 0.1) is 15.9 Å². The number of hydrogen-bond acceptors (Lipinski definition) is 4. The van der Waals surface area contributed by atoms with E-state index in [9.17, 15) is 19.3 Å². The average Bonchev–Trinajstić information content (AvgIpc) is 2.35. The number of anilines is 1. The molecule has 0 aliphatic heterocycles. The third-order valence-corrected chi connectivity index (χ3v) is 2.49. The van der Waals surface area contributed by atoms with Crippen molar-refractivity contribution in [2.45, 2.75) is 6.92 Å². The molecule has 18 heavy (non-hydrogen) atoms. The van der Waals surface area contributed by atoms with Crippen molar-refractivity contribution in [3.63, 3.8) is 0 Å². The van der Waals surface area contributed by atoms with Gasteiger partial charge in [-0.3, -0.25) is 14.9 Å². The Bertz CT molecular complexity index is 465. The van der Waals surface area contributed by atoms with Gasteiger partial charge in [0.05, 0.1) is 23.2 Å². The monoisotopic (exact) mass is 255 g/mol. The molecule has 0 heterocycles. The molecule has 0 spiro atoms. The maximum Gasteiger partial charge on any atom is 0.272 e. The highest BCUT2D eigenvalue weighted by atomic mass is 19.1. The summed E-state index contributed by atoms with van der Waals surface area (Å²) in [6.45, 7) is 2.33. The van der Waals surface area contributed by atoms with Crippen molar-refractivity contribution in [2.24, 2.45) is 0 Å². The summed E-state index contributed by atoms with van der Waals surface area (Å²) < 4.78 is 13.5. The van der Waals surface area contributed by atoms with Gasteiger partial charge in [-0.1, -0.05) is 0 Å². The first kappa shape index (κ1) is 13.9. The second kappa shape index (κ2) is 5.95. The maximum atomic E-state index is 13.5. The summed E-state index contributed by atoms with van der Waals surface area (Å²) in [4.78, 5) is 22.7. The molecule has 0 aliphatic carbocycles. The van der Waals surface area contributed by atoms with Crippen LogP contribution in [-0.4, -0.2) is 35.9 Å². The summed E-state index contributed by atoms with van der Waals surface area (Å²) in [6.07, 6.45) is 0. The van der Waals surface area contributed by atoms with Crippen molar-refractivity contribution in [2.75, 3.05) is 25.5 Å². The SMILES string of the molecule is CCN(C)C(=O)CNc1ccc([N+](=O)[O-])cc1F. The van der Waals surface area contributed by atoms with Gasteiger partial charge in [-0.2, -0.15) is 0 Å². The molecule has 6 nitrogen and oxygen atoms in total. The number of rotatable bonds is 5. The van der Waals surface area contributed by atoms with Crippen molar-refractivity contribution in [3.05, 3.63) is 34.1 Å². The van der Waals surface area contributed by atoms with Crippen LogP contribution >= 0.6 is 0 Å². The van der Waals surface area contributed by atoms with Gasteiger partial charge >= 0.3 is 0 Å². The topological polar surface area (TPSA) is 75.5 Å². The Labute approximate surface area is 104 Å². The number of nitrogens with one attached hydrogen (secondary N) is 1. The molecule has 0 aliphatic rings. The first-order chi connectivity index (χ1) is 8.45. The van der Waals surface area contributed by atoms with E-state index in [1.807, 2.05) is 6.92 Å². The van der Waals surface area contributed by atoms with E-state index in [0.717, 1.165) is 6.07 Å². The van der Waals surface area contributed by atoms with Crippen LogP contribution in [-0.2, 0) is 4.79 Å². The highest BCUT2D eigenvalue weighted by Crippen LogP contribution is 2.20. The quantitative estimate of drug-likeness (QED) is 0.640. The summed E-state index contributed by atoms with van der Waals surface area (Å²) >= 11 is 0. The van der Waals surface area contributed by atoms with Crippen molar-refractivity contribution < 1.29 is 14.1 Å². The summed E-state index contributed by atoms with van der Waals surface area (Å²) in [7, 11) is 1.64. The lowest BCUT2D eigenvalue weighted by atomic mass is 10.2. The van der Waals surface area contributed by atoms with E-state index >= 15 is 0 Å². The number of hydrogen-bond donors (Lipinski definition) is 1. The van der Waals surface area contributed by atoms with Crippen LogP contribution < -0.4 is 5.32 Å². The van der Waals surface area contributed by atoms with Crippen molar-refractivity contribution in [1.82, 2.24) is 4.90 Å². The summed E-state index contributed by atoms with van der Waals surface area (Å²) in [5.41, 5.74) is -0.256. The highest BCUT2D eigenvalue weighted by Gasteiger charge is 2.12. The number of amides is 1. The smallest absolute Gasteiger partial charge is 0.272 e. The summed E-state index contributed by atoms with van der Waals surface area (Å²) in [5.74, 6) is -0.939. The van der Waals surface area contributed by atoms with Crippen molar-refractivity contribution in [3.8, 4) is 0 Å². The fraction of sp³-hybridized carbons (Fsp3) is 0.364. The Hall–Kier alpha value is -2.18. The molecule has 1 aromatic carbocycles. The second-order valence-corrected chi connectivity index (χ2v) is 3.68. The average molecular weight is 255 g/mol. The second-order valence-electron chi connectivity index (χ2n) is 3.68.